The molecule has 1 aromatic heterocycles. The second-order valence-electron chi connectivity index (χ2n) is 4.45. The van der Waals surface area contributed by atoms with Gasteiger partial charge < -0.3 is 9.84 Å². The van der Waals surface area contributed by atoms with Gasteiger partial charge in [0.2, 0.25) is 5.88 Å². The molecule has 0 atom stereocenters. The lowest BCUT2D eigenvalue weighted by atomic mass is 10.1. The Morgan fingerprint density at radius 3 is 2.57 bits per heavy atom. The van der Waals surface area contributed by atoms with E-state index in [0.29, 0.717) is 11.3 Å². The summed E-state index contributed by atoms with van der Waals surface area (Å²) in [5.74, 6) is -0.549. The number of carboxylic acid groups (broad SMARTS) is 1. The normalized spacial score (nSPS) is 10.2. The number of aromatic nitrogens is 1. The molecule has 0 saturated heterocycles. The fourth-order valence-corrected chi connectivity index (χ4v) is 1.73. The van der Waals surface area contributed by atoms with Crippen molar-refractivity contribution in [2.75, 3.05) is 0 Å². The second kappa shape index (κ2) is 5.58. The third-order valence-electron chi connectivity index (χ3n) is 2.90. The van der Waals surface area contributed by atoms with E-state index in [0.717, 1.165) is 11.8 Å². The number of hydrogen-bond donors (Lipinski definition) is 1. The molecule has 0 aliphatic carbocycles. The van der Waals surface area contributed by atoms with Gasteiger partial charge in [0, 0.05) is 11.6 Å². The lowest BCUT2D eigenvalue weighted by molar-refractivity contribution is -0.385. The SMILES string of the molecule is Cc1ccc(C(=O)O)cc1Oc1cc(C)c([N+](=O)[O-])cn1. The van der Waals surface area contributed by atoms with E-state index in [1.54, 1.807) is 19.9 Å². The van der Waals surface area contributed by atoms with E-state index in [4.69, 9.17) is 9.84 Å². The Hall–Kier alpha value is -2.96. The summed E-state index contributed by atoms with van der Waals surface area (Å²) in [4.78, 5) is 25.0. The minimum Gasteiger partial charge on any atom is -0.478 e. The highest BCUT2D eigenvalue weighted by molar-refractivity contribution is 5.88. The van der Waals surface area contributed by atoms with Gasteiger partial charge in [0.1, 0.15) is 11.9 Å². The lowest BCUT2D eigenvalue weighted by Gasteiger charge is -2.09. The van der Waals surface area contributed by atoms with Crippen LogP contribution in [-0.2, 0) is 0 Å². The van der Waals surface area contributed by atoms with Gasteiger partial charge in [-0.05, 0) is 31.5 Å². The number of benzene rings is 1. The molecule has 108 valence electrons. The van der Waals surface area contributed by atoms with Crippen LogP contribution in [0.25, 0.3) is 0 Å². The molecule has 7 heteroatoms. The van der Waals surface area contributed by atoms with Gasteiger partial charge in [0.15, 0.2) is 0 Å². The topological polar surface area (TPSA) is 103 Å². The van der Waals surface area contributed by atoms with Gasteiger partial charge in [-0.15, -0.1) is 0 Å². The molecule has 0 saturated carbocycles. The zero-order chi connectivity index (χ0) is 15.6. The molecule has 1 N–H and O–H groups in total. The van der Waals surface area contributed by atoms with E-state index in [2.05, 4.69) is 4.98 Å². The molecule has 0 bridgehead atoms. The number of aryl methyl sites for hydroxylation is 2. The van der Waals surface area contributed by atoms with Gasteiger partial charge in [-0.1, -0.05) is 6.07 Å². The maximum atomic E-state index is 10.9. The summed E-state index contributed by atoms with van der Waals surface area (Å²) in [5.41, 5.74) is 1.14. The van der Waals surface area contributed by atoms with Crippen molar-refractivity contribution in [3.05, 3.63) is 57.3 Å². The standard InChI is InChI=1S/C14H12N2O5/c1-8-3-4-10(14(17)18)6-12(8)21-13-5-9(2)11(7-15-13)16(19)20/h3-7H,1-2H3,(H,17,18). The van der Waals surface area contributed by atoms with Gasteiger partial charge >= 0.3 is 5.97 Å². The van der Waals surface area contributed by atoms with Crippen LogP contribution in [0.15, 0.2) is 30.5 Å². The molecular formula is C14H12N2O5. The van der Waals surface area contributed by atoms with Gasteiger partial charge in [-0.3, -0.25) is 10.1 Å². The van der Waals surface area contributed by atoms with Crippen LogP contribution in [0.5, 0.6) is 11.6 Å². The van der Waals surface area contributed by atoms with Crippen molar-refractivity contribution in [1.82, 2.24) is 4.98 Å². The Balaban J connectivity index is 2.34. The van der Waals surface area contributed by atoms with Crippen LogP contribution in [0.3, 0.4) is 0 Å². The highest BCUT2D eigenvalue weighted by atomic mass is 16.6. The molecule has 0 radical (unpaired) electrons. The molecule has 0 aliphatic rings. The fraction of sp³-hybridized carbons (Fsp3) is 0.143. The van der Waals surface area contributed by atoms with Crippen LogP contribution < -0.4 is 4.74 Å². The summed E-state index contributed by atoms with van der Waals surface area (Å²) in [5, 5.41) is 19.7. The van der Waals surface area contributed by atoms with E-state index in [1.807, 2.05) is 0 Å². The maximum Gasteiger partial charge on any atom is 0.335 e. The Kier molecular flexibility index (Phi) is 3.84. The summed E-state index contributed by atoms with van der Waals surface area (Å²) in [7, 11) is 0. The number of carbonyl (C=O) groups is 1. The Morgan fingerprint density at radius 2 is 2.00 bits per heavy atom. The van der Waals surface area contributed by atoms with Gasteiger partial charge in [0.25, 0.3) is 5.69 Å². The average molecular weight is 288 g/mol. The number of nitrogens with zero attached hydrogens (tertiary/aromatic N) is 2. The molecule has 0 fully saturated rings. The zero-order valence-corrected chi connectivity index (χ0v) is 11.4. The van der Waals surface area contributed by atoms with Crippen molar-refractivity contribution in [3.8, 4) is 11.6 Å². The number of ether oxygens (including phenoxy) is 1. The van der Waals surface area contributed by atoms with E-state index >= 15 is 0 Å². The van der Waals surface area contributed by atoms with Crippen LogP contribution in [0, 0.1) is 24.0 Å². The molecular weight excluding hydrogens is 276 g/mol. The van der Waals surface area contributed by atoms with Crippen LogP contribution in [0.2, 0.25) is 0 Å². The first-order chi connectivity index (χ1) is 9.88. The van der Waals surface area contributed by atoms with E-state index < -0.39 is 10.9 Å². The number of pyridine rings is 1. The molecule has 0 unspecified atom stereocenters. The molecule has 0 aliphatic heterocycles. The third-order valence-corrected chi connectivity index (χ3v) is 2.90. The van der Waals surface area contributed by atoms with Gasteiger partial charge in [-0.2, -0.15) is 0 Å². The largest absolute Gasteiger partial charge is 0.478 e. The monoisotopic (exact) mass is 288 g/mol. The van der Waals surface area contributed by atoms with Crippen molar-refractivity contribution in [2.24, 2.45) is 0 Å². The van der Waals surface area contributed by atoms with Crippen molar-refractivity contribution in [1.29, 1.82) is 0 Å². The molecule has 21 heavy (non-hydrogen) atoms. The molecule has 1 heterocycles. The highest BCUT2D eigenvalue weighted by Crippen LogP contribution is 2.27. The van der Waals surface area contributed by atoms with Crippen molar-refractivity contribution in [2.45, 2.75) is 13.8 Å². The predicted molar refractivity (Wildman–Crippen MR) is 73.8 cm³/mol. The molecule has 2 rings (SSSR count). The number of carboxylic acids is 1. The van der Waals surface area contributed by atoms with E-state index in [9.17, 15) is 14.9 Å². The van der Waals surface area contributed by atoms with Crippen molar-refractivity contribution >= 4 is 11.7 Å². The molecule has 0 spiro atoms. The Bertz CT molecular complexity index is 727. The third kappa shape index (κ3) is 3.14. The second-order valence-corrected chi connectivity index (χ2v) is 4.45. The Labute approximate surface area is 120 Å². The first kappa shape index (κ1) is 14.4. The quantitative estimate of drug-likeness (QED) is 0.685. The first-order valence-corrected chi connectivity index (χ1v) is 6.01. The minimum atomic E-state index is -1.06. The molecule has 1 aromatic carbocycles. The lowest BCUT2D eigenvalue weighted by Crippen LogP contribution is -1.99. The average Bonchev–Trinajstić information content (AvgIpc) is 2.40. The van der Waals surface area contributed by atoms with Crippen LogP contribution in [-0.4, -0.2) is 21.0 Å². The molecule has 2 aromatic rings. The maximum absolute atomic E-state index is 10.9. The number of aromatic carboxylic acids is 1. The zero-order valence-electron chi connectivity index (χ0n) is 11.4. The van der Waals surface area contributed by atoms with Gasteiger partial charge in [0.05, 0.1) is 10.5 Å². The van der Waals surface area contributed by atoms with Crippen molar-refractivity contribution < 1.29 is 19.6 Å². The fourth-order valence-electron chi connectivity index (χ4n) is 1.73. The van der Waals surface area contributed by atoms with E-state index in [1.165, 1.54) is 18.2 Å². The summed E-state index contributed by atoms with van der Waals surface area (Å²) in [6.07, 6.45) is 1.11. The molecule has 0 amide bonds. The smallest absolute Gasteiger partial charge is 0.335 e. The Morgan fingerprint density at radius 1 is 1.29 bits per heavy atom. The van der Waals surface area contributed by atoms with Crippen LogP contribution in [0.1, 0.15) is 21.5 Å². The summed E-state index contributed by atoms with van der Waals surface area (Å²) in [6, 6.07) is 5.91. The first-order valence-electron chi connectivity index (χ1n) is 6.01. The van der Waals surface area contributed by atoms with E-state index in [-0.39, 0.29) is 17.1 Å². The number of hydrogen-bond acceptors (Lipinski definition) is 5. The highest BCUT2D eigenvalue weighted by Gasteiger charge is 2.14. The summed E-state index contributed by atoms with van der Waals surface area (Å²) in [6.45, 7) is 3.34. The number of rotatable bonds is 4. The van der Waals surface area contributed by atoms with Crippen LogP contribution in [0.4, 0.5) is 5.69 Å². The van der Waals surface area contributed by atoms with Gasteiger partial charge in [-0.25, -0.2) is 9.78 Å². The number of nitro groups is 1. The summed E-state index contributed by atoms with van der Waals surface area (Å²) < 4.78 is 5.52. The summed E-state index contributed by atoms with van der Waals surface area (Å²) >= 11 is 0. The minimum absolute atomic E-state index is 0.0919. The molecule has 7 nitrogen and oxygen atoms in total. The predicted octanol–water partition coefficient (Wildman–Crippen LogP) is 3.10. The van der Waals surface area contributed by atoms with Crippen molar-refractivity contribution in [3.63, 3.8) is 0 Å². The van der Waals surface area contributed by atoms with Crippen LogP contribution >= 0.6 is 0 Å².